The van der Waals surface area contributed by atoms with E-state index < -0.39 is 11.2 Å². The Morgan fingerprint density at radius 3 is 2.35 bits per heavy atom. The highest BCUT2D eigenvalue weighted by Gasteiger charge is 2.26. The molecule has 5 heteroatoms. The first-order chi connectivity index (χ1) is 12.6. The van der Waals surface area contributed by atoms with Crippen LogP contribution in [0.5, 0.6) is 0 Å². The molecule has 0 amide bonds. The smallest absolute Gasteiger partial charge is 0.321 e. The van der Waals surface area contributed by atoms with Crippen molar-refractivity contribution in [1.29, 1.82) is 0 Å². The van der Waals surface area contributed by atoms with Crippen molar-refractivity contribution < 1.29 is 14.7 Å². The van der Waals surface area contributed by atoms with Gasteiger partial charge < -0.3 is 5.11 Å². The van der Waals surface area contributed by atoms with E-state index in [0.717, 1.165) is 30.2 Å². The third-order valence-electron chi connectivity index (χ3n) is 4.83. The molecule has 0 heterocycles. The second-order valence-corrected chi connectivity index (χ2v) is 8.09. The third-order valence-corrected chi connectivity index (χ3v) is 6.32. The minimum absolute atomic E-state index is 0.259. The molecule has 2 aromatic rings. The van der Waals surface area contributed by atoms with Crippen molar-refractivity contribution in [2.45, 2.75) is 43.3 Å². The predicted octanol–water partition coefficient (Wildman–Crippen LogP) is 6.09. The van der Waals surface area contributed by atoms with E-state index in [0.29, 0.717) is 22.1 Å². The maximum Gasteiger partial charge on any atom is 0.321 e. The second kappa shape index (κ2) is 8.74. The number of carbonyl (C=O) groups excluding carboxylic acids is 1. The molecule has 0 aliphatic heterocycles. The summed E-state index contributed by atoms with van der Waals surface area (Å²) in [5.41, 5.74) is 2.14. The number of rotatable bonds is 5. The van der Waals surface area contributed by atoms with E-state index in [4.69, 9.17) is 11.6 Å². The van der Waals surface area contributed by atoms with Gasteiger partial charge in [-0.1, -0.05) is 85.1 Å². The molecule has 3 nitrogen and oxygen atoms in total. The second-order valence-electron chi connectivity index (χ2n) is 6.61. The number of hydrogen-bond donors (Lipinski definition) is 1. The van der Waals surface area contributed by atoms with Crippen molar-refractivity contribution in [1.82, 2.24) is 0 Å². The van der Waals surface area contributed by atoms with Crippen LogP contribution in [0.2, 0.25) is 5.02 Å². The zero-order valence-electron chi connectivity index (χ0n) is 14.4. The Labute approximate surface area is 162 Å². The van der Waals surface area contributed by atoms with Crippen molar-refractivity contribution >= 4 is 34.4 Å². The van der Waals surface area contributed by atoms with Crippen molar-refractivity contribution in [2.24, 2.45) is 0 Å². The van der Waals surface area contributed by atoms with Crippen molar-refractivity contribution in [2.75, 3.05) is 0 Å². The average molecular weight is 389 g/mol. The van der Waals surface area contributed by atoms with Crippen LogP contribution in [0, 0.1) is 0 Å². The number of aliphatic carboxylic acids is 1. The molecule has 0 aromatic heterocycles. The molecule has 136 valence electrons. The zero-order valence-corrected chi connectivity index (χ0v) is 15.9. The van der Waals surface area contributed by atoms with Gasteiger partial charge in [-0.25, -0.2) is 0 Å². The Hall–Kier alpha value is -1.78. The van der Waals surface area contributed by atoms with Gasteiger partial charge >= 0.3 is 5.97 Å². The van der Waals surface area contributed by atoms with Gasteiger partial charge in [-0.15, -0.1) is 0 Å². The van der Waals surface area contributed by atoms with E-state index in [1.165, 1.54) is 19.3 Å². The molecule has 1 fully saturated rings. The molecule has 3 rings (SSSR count). The van der Waals surface area contributed by atoms with E-state index in [2.05, 4.69) is 0 Å². The number of hydrogen-bond acceptors (Lipinski definition) is 3. The van der Waals surface area contributed by atoms with Gasteiger partial charge in [0.25, 0.3) is 0 Å². The lowest BCUT2D eigenvalue weighted by atomic mass is 9.84. The number of carboxylic acid groups (broad SMARTS) is 1. The Morgan fingerprint density at radius 2 is 1.73 bits per heavy atom. The SMILES string of the molecule is O=C(SC(C(=O)O)c1ccc(C2CCCCC2)c(Cl)c1)c1ccccc1. The molecule has 1 N–H and O–H groups in total. The standard InChI is InChI=1S/C21H21ClO3S/c22-18-13-16(11-12-17(18)14-7-3-1-4-8-14)19(20(23)24)26-21(25)15-9-5-2-6-10-15/h2,5-6,9-14,19H,1,3-4,7-8H2,(H,23,24). The van der Waals surface area contributed by atoms with E-state index in [9.17, 15) is 14.7 Å². The number of halogens is 1. The topological polar surface area (TPSA) is 54.4 Å². The van der Waals surface area contributed by atoms with Gasteiger partial charge in [-0.05, 0) is 36.0 Å². The van der Waals surface area contributed by atoms with Crippen LogP contribution in [0.25, 0.3) is 0 Å². The van der Waals surface area contributed by atoms with Crippen molar-refractivity contribution in [3.05, 3.63) is 70.2 Å². The summed E-state index contributed by atoms with van der Waals surface area (Å²) in [5, 5.41) is 8.99. The van der Waals surface area contributed by atoms with Gasteiger partial charge in [0, 0.05) is 10.6 Å². The lowest BCUT2D eigenvalue weighted by Crippen LogP contribution is -2.12. The van der Waals surface area contributed by atoms with Crippen molar-refractivity contribution in [3.8, 4) is 0 Å². The molecule has 26 heavy (non-hydrogen) atoms. The summed E-state index contributed by atoms with van der Waals surface area (Å²) in [5.74, 6) is -0.590. The Balaban J connectivity index is 1.80. The monoisotopic (exact) mass is 388 g/mol. The van der Waals surface area contributed by atoms with Gasteiger partial charge in [-0.2, -0.15) is 0 Å². The van der Waals surface area contributed by atoms with E-state index in [-0.39, 0.29) is 5.12 Å². The van der Waals surface area contributed by atoms with Crippen LogP contribution in [0.15, 0.2) is 48.5 Å². The van der Waals surface area contributed by atoms with Crippen molar-refractivity contribution in [3.63, 3.8) is 0 Å². The number of thioether (sulfide) groups is 1. The van der Waals surface area contributed by atoms with Gasteiger partial charge in [0.15, 0.2) is 0 Å². The summed E-state index contributed by atoms with van der Waals surface area (Å²) < 4.78 is 0. The van der Waals surface area contributed by atoms with Crippen LogP contribution in [0.3, 0.4) is 0 Å². The lowest BCUT2D eigenvalue weighted by molar-refractivity contribution is -0.136. The molecular formula is C21H21ClO3S. The number of carboxylic acids is 1. The highest BCUT2D eigenvalue weighted by molar-refractivity contribution is 8.14. The molecule has 1 aliphatic carbocycles. The summed E-state index contributed by atoms with van der Waals surface area (Å²) in [6, 6.07) is 14.2. The Kier molecular flexibility index (Phi) is 6.38. The molecular weight excluding hydrogens is 368 g/mol. The van der Waals surface area contributed by atoms with Gasteiger partial charge in [0.1, 0.15) is 5.25 Å². The highest BCUT2D eigenvalue weighted by Crippen LogP contribution is 2.39. The summed E-state index contributed by atoms with van der Waals surface area (Å²) in [6.07, 6.45) is 5.95. The van der Waals surface area contributed by atoms with Gasteiger partial charge in [0.05, 0.1) is 0 Å². The number of benzene rings is 2. The predicted molar refractivity (Wildman–Crippen MR) is 106 cm³/mol. The summed E-state index contributed by atoms with van der Waals surface area (Å²) >= 11 is 7.29. The molecule has 1 aliphatic rings. The first-order valence-electron chi connectivity index (χ1n) is 8.84. The summed E-state index contributed by atoms with van der Waals surface area (Å²) in [4.78, 5) is 24.1. The largest absolute Gasteiger partial charge is 0.480 e. The van der Waals surface area contributed by atoms with Gasteiger partial charge in [-0.3, -0.25) is 9.59 Å². The molecule has 2 aromatic carbocycles. The molecule has 0 spiro atoms. The summed E-state index contributed by atoms with van der Waals surface area (Å²) in [6.45, 7) is 0. The molecule has 1 unspecified atom stereocenters. The lowest BCUT2D eigenvalue weighted by Gasteiger charge is -2.23. The minimum Gasteiger partial charge on any atom is -0.480 e. The number of carbonyl (C=O) groups is 2. The zero-order chi connectivity index (χ0) is 18.5. The van der Waals surface area contributed by atoms with E-state index in [1.807, 2.05) is 12.1 Å². The van der Waals surface area contributed by atoms with E-state index >= 15 is 0 Å². The molecule has 0 saturated heterocycles. The quantitative estimate of drug-likeness (QED) is 0.673. The maximum absolute atomic E-state index is 12.4. The van der Waals surface area contributed by atoms with Crippen LogP contribution >= 0.6 is 23.4 Å². The van der Waals surface area contributed by atoms with Crippen LogP contribution in [0.4, 0.5) is 0 Å². The Bertz CT molecular complexity index is 785. The molecule has 1 saturated carbocycles. The highest BCUT2D eigenvalue weighted by atomic mass is 35.5. The maximum atomic E-state index is 12.4. The van der Waals surface area contributed by atoms with Crippen LogP contribution in [-0.4, -0.2) is 16.2 Å². The molecule has 0 radical (unpaired) electrons. The summed E-state index contributed by atoms with van der Waals surface area (Å²) in [7, 11) is 0. The fourth-order valence-electron chi connectivity index (χ4n) is 3.46. The van der Waals surface area contributed by atoms with Crippen LogP contribution in [0.1, 0.15) is 64.8 Å². The Morgan fingerprint density at radius 1 is 1.04 bits per heavy atom. The fourth-order valence-corrected chi connectivity index (χ4v) is 4.67. The first kappa shape index (κ1) is 19.0. The minimum atomic E-state index is -1.04. The third kappa shape index (κ3) is 4.49. The van der Waals surface area contributed by atoms with Crippen LogP contribution < -0.4 is 0 Å². The van der Waals surface area contributed by atoms with E-state index in [1.54, 1.807) is 36.4 Å². The fraction of sp³-hybridized carbons (Fsp3) is 0.333. The average Bonchev–Trinajstić information content (AvgIpc) is 2.67. The van der Waals surface area contributed by atoms with Crippen LogP contribution in [-0.2, 0) is 4.79 Å². The normalized spacial score (nSPS) is 16.2. The van der Waals surface area contributed by atoms with Gasteiger partial charge in [0.2, 0.25) is 5.12 Å². The molecule has 1 atom stereocenters. The molecule has 0 bridgehead atoms. The first-order valence-corrected chi connectivity index (χ1v) is 10.1.